The first-order valence-corrected chi connectivity index (χ1v) is 6.17. The Labute approximate surface area is 111 Å². The van der Waals surface area contributed by atoms with Gasteiger partial charge in [-0.2, -0.15) is 0 Å². The van der Waals surface area contributed by atoms with Crippen molar-refractivity contribution in [3.8, 4) is 0 Å². The molecule has 0 saturated heterocycles. The van der Waals surface area contributed by atoms with Gasteiger partial charge in [0.05, 0.1) is 6.04 Å². The summed E-state index contributed by atoms with van der Waals surface area (Å²) >= 11 is 0. The summed E-state index contributed by atoms with van der Waals surface area (Å²) in [4.78, 5) is 12.8. The van der Waals surface area contributed by atoms with Crippen LogP contribution in [0.1, 0.15) is 17.4 Å². The number of rotatable bonds is 3. The Morgan fingerprint density at radius 2 is 1.84 bits per heavy atom. The minimum atomic E-state index is -0.0210. The monoisotopic (exact) mass is 250 g/mol. The van der Waals surface area contributed by atoms with Crippen molar-refractivity contribution in [2.45, 2.75) is 6.04 Å². The zero-order chi connectivity index (χ0) is 13.1. The highest BCUT2D eigenvalue weighted by Gasteiger charge is 2.16. The lowest BCUT2D eigenvalue weighted by Gasteiger charge is -2.17. The SMILES string of the molecule is CNC(c1ncccn1)c1cccc2cnccc12. The van der Waals surface area contributed by atoms with Crippen molar-refractivity contribution in [3.63, 3.8) is 0 Å². The van der Waals surface area contributed by atoms with Crippen molar-refractivity contribution in [3.05, 3.63) is 66.5 Å². The Kier molecular flexibility index (Phi) is 3.16. The van der Waals surface area contributed by atoms with Gasteiger partial charge in [-0.05, 0) is 30.1 Å². The summed E-state index contributed by atoms with van der Waals surface area (Å²) in [5.41, 5.74) is 1.16. The maximum Gasteiger partial charge on any atom is 0.149 e. The van der Waals surface area contributed by atoms with E-state index in [0.29, 0.717) is 0 Å². The lowest BCUT2D eigenvalue weighted by Crippen LogP contribution is -2.20. The fourth-order valence-electron chi connectivity index (χ4n) is 2.28. The molecular formula is C15H14N4. The van der Waals surface area contributed by atoms with Crippen molar-refractivity contribution in [1.29, 1.82) is 0 Å². The molecule has 2 heterocycles. The molecule has 19 heavy (non-hydrogen) atoms. The van der Waals surface area contributed by atoms with Gasteiger partial charge in [0.25, 0.3) is 0 Å². The number of pyridine rings is 1. The summed E-state index contributed by atoms with van der Waals surface area (Å²) in [6.45, 7) is 0. The molecule has 1 unspecified atom stereocenters. The quantitative estimate of drug-likeness (QED) is 0.775. The average Bonchev–Trinajstić information content (AvgIpc) is 2.49. The molecule has 3 aromatic rings. The molecule has 0 aliphatic carbocycles. The zero-order valence-electron chi connectivity index (χ0n) is 10.6. The molecule has 0 bridgehead atoms. The molecule has 1 atom stereocenters. The van der Waals surface area contributed by atoms with E-state index in [1.807, 2.05) is 37.6 Å². The fourth-order valence-corrected chi connectivity index (χ4v) is 2.28. The molecule has 0 radical (unpaired) electrons. The van der Waals surface area contributed by atoms with Gasteiger partial charge in [0.15, 0.2) is 0 Å². The molecule has 0 spiro atoms. The van der Waals surface area contributed by atoms with Crippen LogP contribution in [0.4, 0.5) is 0 Å². The molecule has 94 valence electrons. The Morgan fingerprint density at radius 1 is 1.00 bits per heavy atom. The Morgan fingerprint density at radius 3 is 2.63 bits per heavy atom. The first-order chi connectivity index (χ1) is 9.40. The van der Waals surface area contributed by atoms with Gasteiger partial charge >= 0.3 is 0 Å². The van der Waals surface area contributed by atoms with E-state index in [0.717, 1.165) is 16.8 Å². The van der Waals surface area contributed by atoms with Crippen LogP contribution >= 0.6 is 0 Å². The molecule has 1 aromatic carbocycles. The van der Waals surface area contributed by atoms with Crippen LogP contribution in [-0.2, 0) is 0 Å². The Bertz CT molecular complexity index is 677. The van der Waals surface area contributed by atoms with Gasteiger partial charge in [-0.15, -0.1) is 0 Å². The van der Waals surface area contributed by atoms with Crippen LogP contribution in [0.2, 0.25) is 0 Å². The lowest BCUT2D eigenvalue weighted by atomic mass is 9.99. The number of aromatic nitrogens is 3. The van der Waals surface area contributed by atoms with Crippen LogP contribution in [0.5, 0.6) is 0 Å². The Hall–Kier alpha value is -2.33. The summed E-state index contributed by atoms with van der Waals surface area (Å²) in [6, 6.07) is 10.0. The smallest absolute Gasteiger partial charge is 0.149 e. The van der Waals surface area contributed by atoms with Gasteiger partial charge in [0.2, 0.25) is 0 Å². The third-order valence-corrected chi connectivity index (χ3v) is 3.16. The van der Waals surface area contributed by atoms with Crippen LogP contribution in [0.15, 0.2) is 55.1 Å². The predicted molar refractivity (Wildman–Crippen MR) is 74.7 cm³/mol. The summed E-state index contributed by atoms with van der Waals surface area (Å²) in [5.74, 6) is 0.773. The van der Waals surface area contributed by atoms with Crippen LogP contribution < -0.4 is 5.32 Å². The molecule has 1 N–H and O–H groups in total. The number of fused-ring (bicyclic) bond motifs is 1. The molecule has 0 aliphatic rings. The maximum absolute atomic E-state index is 4.34. The summed E-state index contributed by atoms with van der Waals surface area (Å²) in [6.07, 6.45) is 7.21. The van der Waals surface area contributed by atoms with Crippen LogP contribution in [0.25, 0.3) is 10.8 Å². The number of nitrogens with zero attached hydrogens (tertiary/aromatic N) is 3. The molecule has 0 saturated carbocycles. The summed E-state index contributed by atoms with van der Waals surface area (Å²) in [7, 11) is 1.92. The van der Waals surface area contributed by atoms with Crippen molar-refractivity contribution in [1.82, 2.24) is 20.3 Å². The second kappa shape index (κ2) is 5.12. The van der Waals surface area contributed by atoms with Gasteiger partial charge in [0, 0.05) is 30.2 Å². The molecule has 2 aromatic heterocycles. The van der Waals surface area contributed by atoms with Crippen molar-refractivity contribution < 1.29 is 0 Å². The standard InChI is InChI=1S/C15H14N4/c1-16-14(15-18-7-3-8-19-15)13-5-2-4-11-10-17-9-6-12(11)13/h2-10,14,16H,1H3. The minimum absolute atomic E-state index is 0.0210. The molecular weight excluding hydrogens is 236 g/mol. The number of hydrogen-bond donors (Lipinski definition) is 1. The first kappa shape index (κ1) is 11.7. The minimum Gasteiger partial charge on any atom is -0.307 e. The van der Waals surface area contributed by atoms with E-state index >= 15 is 0 Å². The van der Waals surface area contributed by atoms with Crippen LogP contribution in [0, 0.1) is 0 Å². The van der Waals surface area contributed by atoms with Crippen molar-refractivity contribution in [2.75, 3.05) is 7.05 Å². The summed E-state index contributed by atoms with van der Waals surface area (Å²) in [5, 5.41) is 5.57. The third-order valence-electron chi connectivity index (χ3n) is 3.16. The second-order valence-corrected chi connectivity index (χ2v) is 4.27. The molecule has 4 heteroatoms. The lowest BCUT2D eigenvalue weighted by molar-refractivity contribution is 0.650. The predicted octanol–water partition coefficient (Wildman–Crippen LogP) is 2.33. The average molecular weight is 250 g/mol. The van der Waals surface area contributed by atoms with E-state index in [1.54, 1.807) is 12.4 Å². The van der Waals surface area contributed by atoms with E-state index in [1.165, 1.54) is 5.39 Å². The van der Waals surface area contributed by atoms with E-state index < -0.39 is 0 Å². The first-order valence-electron chi connectivity index (χ1n) is 6.17. The molecule has 0 aliphatic heterocycles. The third kappa shape index (κ3) is 2.18. The number of nitrogens with one attached hydrogen (secondary N) is 1. The highest BCUT2D eigenvalue weighted by molar-refractivity contribution is 5.85. The van der Waals surface area contributed by atoms with Crippen molar-refractivity contribution >= 4 is 10.8 Å². The number of hydrogen-bond acceptors (Lipinski definition) is 4. The van der Waals surface area contributed by atoms with Gasteiger partial charge < -0.3 is 5.32 Å². The second-order valence-electron chi connectivity index (χ2n) is 4.27. The molecule has 0 fully saturated rings. The van der Waals surface area contributed by atoms with Gasteiger partial charge in [-0.25, -0.2) is 9.97 Å². The molecule has 3 rings (SSSR count). The van der Waals surface area contributed by atoms with Gasteiger partial charge in [-0.3, -0.25) is 4.98 Å². The van der Waals surface area contributed by atoms with E-state index in [4.69, 9.17) is 0 Å². The van der Waals surface area contributed by atoms with E-state index in [9.17, 15) is 0 Å². The largest absolute Gasteiger partial charge is 0.307 e. The number of benzene rings is 1. The summed E-state index contributed by atoms with van der Waals surface area (Å²) < 4.78 is 0. The van der Waals surface area contributed by atoms with Gasteiger partial charge in [-0.1, -0.05) is 18.2 Å². The highest BCUT2D eigenvalue weighted by Crippen LogP contribution is 2.26. The highest BCUT2D eigenvalue weighted by atomic mass is 15.0. The van der Waals surface area contributed by atoms with E-state index in [-0.39, 0.29) is 6.04 Å². The normalized spacial score (nSPS) is 12.5. The van der Waals surface area contributed by atoms with E-state index in [2.05, 4.69) is 32.4 Å². The zero-order valence-corrected chi connectivity index (χ0v) is 10.6. The molecule has 0 amide bonds. The topological polar surface area (TPSA) is 50.7 Å². The maximum atomic E-state index is 4.34. The molecule has 4 nitrogen and oxygen atoms in total. The van der Waals surface area contributed by atoms with Crippen LogP contribution in [0.3, 0.4) is 0 Å². The van der Waals surface area contributed by atoms with Crippen molar-refractivity contribution in [2.24, 2.45) is 0 Å². The fraction of sp³-hybridized carbons (Fsp3) is 0.133. The van der Waals surface area contributed by atoms with Gasteiger partial charge in [0.1, 0.15) is 5.82 Å². The Balaban J connectivity index is 2.17. The van der Waals surface area contributed by atoms with Crippen LogP contribution in [-0.4, -0.2) is 22.0 Å².